The molecule has 0 spiro atoms. The van der Waals surface area contributed by atoms with Crippen LogP contribution < -0.4 is 0 Å². The molecule has 2 atom stereocenters. The van der Waals surface area contributed by atoms with Crippen LogP contribution in [0.1, 0.15) is 24.5 Å². The highest BCUT2D eigenvalue weighted by Gasteiger charge is 2.35. The lowest BCUT2D eigenvalue weighted by Gasteiger charge is -2.17. The molecule has 2 rings (SSSR count). The van der Waals surface area contributed by atoms with Crippen molar-refractivity contribution < 1.29 is 8.42 Å². The van der Waals surface area contributed by atoms with Gasteiger partial charge >= 0.3 is 0 Å². The van der Waals surface area contributed by atoms with Crippen molar-refractivity contribution in [1.82, 2.24) is 4.31 Å². The molecule has 0 amide bonds. The average molecular weight is 278 g/mol. The fourth-order valence-electron chi connectivity index (χ4n) is 2.16. The second-order valence-electron chi connectivity index (χ2n) is 5.28. The van der Waals surface area contributed by atoms with E-state index in [4.69, 9.17) is 5.26 Å². The Morgan fingerprint density at radius 2 is 2.05 bits per heavy atom. The van der Waals surface area contributed by atoms with Crippen LogP contribution in [-0.2, 0) is 15.8 Å². The molecular weight excluding hydrogens is 260 g/mol. The Morgan fingerprint density at radius 1 is 1.42 bits per heavy atom. The highest BCUT2D eigenvalue weighted by atomic mass is 32.2. The van der Waals surface area contributed by atoms with E-state index in [1.165, 1.54) is 4.31 Å². The first-order valence-electron chi connectivity index (χ1n) is 6.36. The zero-order valence-electron chi connectivity index (χ0n) is 11.2. The lowest BCUT2D eigenvalue weighted by molar-refractivity contribution is 0.444. The molecule has 0 aromatic heterocycles. The zero-order chi connectivity index (χ0) is 14.0. The Bertz CT molecular complexity index is 604. The molecule has 0 aliphatic heterocycles. The van der Waals surface area contributed by atoms with E-state index < -0.39 is 10.0 Å². The summed E-state index contributed by atoms with van der Waals surface area (Å²) in [5.74, 6) is 1.02. The number of benzene rings is 1. The summed E-state index contributed by atoms with van der Waals surface area (Å²) < 4.78 is 25.9. The molecule has 4 nitrogen and oxygen atoms in total. The summed E-state index contributed by atoms with van der Waals surface area (Å²) >= 11 is 0. The van der Waals surface area contributed by atoms with Crippen molar-refractivity contribution in [3.63, 3.8) is 0 Å². The lowest BCUT2D eigenvalue weighted by Crippen LogP contribution is -2.30. The van der Waals surface area contributed by atoms with Gasteiger partial charge in [0.2, 0.25) is 10.0 Å². The van der Waals surface area contributed by atoms with Crippen LogP contribution >= 0.6 is 0 Å². The van der Waals surface area contributed by atoms with Gasteiger partial charge in [-0.25, -0.2) is 12.7 Å². The molecule has 1 aromatic rings. The molecule has 19 heavy (non-hydrogen) atoms. The fraction of sp³-hybridized carbons (Fsp3) is 0.500. The van der Waals surface area contributed by atoms with E-state index in [0.717, 1.165) is 6.42 Å². The van der Waals surface area contributed by atoms with Crippen LogP contribution in [0, 0.1) is 23.2 Å². The minimum Gasteiger partial charge on any atom is -0.212 e. The molecule has 1 aliphatic rings. The van der Waals surface area contributed by atoms with Crippen LogP contribution in [-0.4, -0.2) is 26.3 Å². The average Bonchev–Trinajstić information content (AvgIpc) is 3.05. The molecule has 0 N–H and O–H groups in total. The van der Waals surface area contributed by atoms with Crippen molar-refractivity contribution >= 4 is 10.0 Å². The van der Waals surface area contributed by atoms with Crippen molar-refractivity contribution in [3.8, 4) is 6.07 Å². The Morgan fingerprint density at radius 3 is 2.63 bits per heavy atom. The third kappa shape index (κ3) is 3.34. The maximum Gasteiger partial charge on any atom is 0.218 e. The van der Waals surface area contributed by atoms with Gasteiger partial charge < -0.3 is 0 Å². The van der Waals surface area contributed by atoms with Crippen molar-refractivity contribution in [2.45, 2.75) is 19.1 Å². The first kappa shape index (κ1) is 14.0. The smallest absolute Gasteiger partial charge is 0.212 e. The highest BCUT2D eigenvalue weighted by molar-refractivity contribution is 7.88. The third-order valence-corrected chi connectivity index (χ3v) is 5.49. The molecule has 0 bridgehead atoms. The summed E-state index contributed by atoms with van der Waals surface area (Å²) in [5, 5.41) is 8.99. The molecule has 0 saturated heterocycles. The molecule has 102 valence electrons. The molecule has 1 aromatic carbocycles. The molecule has 2 unspecified atom stereocenters. The predicted octanol–water partition coefficient (Wildman–Crippen LogP) is 1.98. The van der Waals surface area contributed by atoms with Crippen LogP contribution in [0.2, 0.25) is 0 Å². The minimum atomic E-state index is -3.34. The van der Waals surface area contributed by atoms with Crippen LogP contribution in [0.25, 0.3) is 0 Å². The van der Waals surface area contributed by atoms with Gasteiger partial charge in [-0.2, -0.15) is 5.26 Å². The molecule has 1 aliphatic carbocycles. The van der Waals surface area contributed by atoms with Gasteiger partial charge in [0.05, 0.1) is 17.4 Å². The second kappa shape index (κ2) is 5.32. The normalized spacial score (nSPS) is 22.2. The minimum absolute atomic E-state index is 0.103. The molecule has 0 radical (unpaired) electrons. The van der Waals surface area contributed by atoms with Gasteiger partial charge in [-0.1, -0.05) is 25.1 Å². The van der Waals surface area contributed by atoms with E-state index in [0.29, 0.717) is 29.5 Å². The van der Waals surface area contributed by atoms with E-state index in [1.54, 1.807) is 31.3 Å². The fourth-order valence-corrected chi connectivity index (χ4v) is 3.44. The molecule has 1 saturated carbocycles. The first-order chi connectivity index (χ1) is 8.94. The largest absolute Gasteiger partial charge is 0.218 e. The van der Waals surface area contributed by atoms with Crippen molar-refractivity contribution in [1.29, 1.82) is 5.26 Å². The van der Waals surface area contributed by atoms with Crippen LogP contribution in [0.3, 0.4) is 0 Å². The summed E-state index contributed by atoms with van der Waals surface area (Å²) in [6.07, 6.45) is 1.11. The van der Waals surface area contributed by atoms with Gasteiger partial charge in [-0.05, 0) is 29.9 Å². The Kier molecular flexibility index (Phi) is 3.93. The second-order valence-corrected chi connectivity index (χ2v) is 7.35. The van der Waals surface area contributed by atoms with Crippen LogP contribution in [0.15, 0.2) is 24.3 Å². The van der Waals surface area contributed by atoms with Gasteiger partial charge in [0, 0.05) is 13.6 Å². The molecule has 5 heteroatoms. The maximum absolute atomic E-state index is 12.3. The summed E-state index contributed by atoms with van der Waals surface area (Å²) in [4.78, 5) is 0. The summed E-state index contributed by atoms with van der Waals surface area (Å²) in [6, 6.07) is 8.88. The van der Waals surface area contributed by atoms with Gasteiger partial charge in [0.15, 0.2) is 0 Å². The summed E-state index contributed by atoms with van der Waals surface area (Å²) in [5.41, 5.74) is 1.000. The lowest BCUT2D eigenvalue weighted by atomic mass is 10.1. The Labute approximate surface area is 114 Å². The van der Waals surface area contributed by atoms with Gasteiger partial charge in [0.1, 0.15) is 0 Å². The van der Waals surface area contributed by atoms with Crippen LogP contribution in [0.5, 0.6) is 0 Å². The SMILES string of the molecule is CC1CC1CN(C)S(=O)(=O)Cc1ccccc1C#N. The number of rotatable bonds is 5. The highest BCUT2D eigenvalue weighted by Crippen LogP contribution is 2.38. The van der Waals surface area contributed by atoms with E-state index >= 15 is 0 Å². The van der Waals surface area contributed by atoms with E-state index in [1.807, 2.05) is 6.07 Å². The Balaban J connectivity index is 2.10. The van der Waals surface area contributed by atoms with E-state index in [-0.39, 0.29) is 5.75 Å². The first-order valence-corrected chi connectivity index (χ1v) is 7.97. The van der Waals surface area contributed by atoms with E-state index in [2.05, 4.69) is 6.92 Å². The topological polar surface area (TPSA) is 61.2 Å². The maximum atomic E-state index is 12.3. The number of hydrogen-bond acceptors (Lipinski definition) is 3. The van der Waals surface area contributed by atoms with E-state index in [9.17, 15) is 8.42 Å². The zero-order valence-corrected chi connectivity index (χ0v) is 12.0. The Hall–Kier alpha value is -1.38. The number of nitrogens with zero attached hydrogens (tertiary/aromatic N) is 2. The van der Waals surface area contributed by atoms with Crippen LogP contribution in [0.4, 0.5) is 0 Å². The monoisotopic (exact) mass is 278 g/mol. The van der Waals surface area contributed by atoms with Gasteiger partial charge in [0.25, 0.3) is 0 Å². The summed E-state index contributed by atoms with van der Waals surface area (Å²) in [6.45, 7) is 2.72. The predicted molar refractivity (Wildman–Crippen MR) is 73.7 cm³/mol. The standard InChI is InChI=1S/C14H18N2O2S/c1-11-7-14(11)9-16(2)19(17,18)10-13-6-4-3-5-12(13)8-15/h3-6,11,14H,7,9-10H2,1-2H3. The van der Waals surface area contributed by atoms with Crippen molar-refractivity contribution in [3.05, 3.63) is 35.4 Å². The summed E-state index contributed by atoms with van der Waals surface area (Å²) in [7, 11) is -1.72. The quantitative estimate of drug-likeness (QED) is 0.827. The third-order valence-electron chi connectivity index (χ3n) is 3.72. The number of hydrogen-bond donors (Lipinski definition) is 0. The van der Waals surface area contributed by atoms with Gasteiger partial charge in [-0.15, -0.1) is 0 Å². The van der Waals surface area contributed by atoms with Gasteiger partial charge in [-0.3, -0.25) is 0 Å². The molecule has 1 fully saturated rings. The van der Waals surface area contributed by atoms with Crippen molar-refractivity contribution in [2.24, 2.45) is 11.8 Å². The number of sulfonamides is 1. The number of nitriles is 1. The molecular formula is C14H18N2O2S. The van der Waals surface area contributed by atoms with Crippen molar-refractivity contribution in [2.75, 3.05) is 13.6 Å². The molecule has 0 heterocycles.